The minimum atomic E-state index is 0.329. The van der Waals surface area contributed by atoms with Crippen LogP contribution in [0.3, 0.4) is 0 Å². The molecule has 1 saturated carbocycles. The van der Waals surface area contributed by atoms with Gasteiger partial charge < -0.3 is 14.7 Å². The number of aliphatic imine (C=N–C) groups is 1. The first kappa shape index (κ1) is 16.3. The molecule has 5 nitrogen and oxygen atoms in total. The Balaban J connectivity index is 1.67. The van der Waals surface area contributed by atoms with Crippen molar-refractivity contribution in [2.75, 3.05) is 26.2 Å². The lowest BCUT2D eigenvalue weighted by Crippen LogP contribution is -2.42. The fourth-order valence-electron chi connectivity index (χ4n) is 4.13. The Morgan fingerprint density at radius 2 is 2.17 bits per heavy atom. The van der Waals surface area contributed by atoms with E-state index in [0.717, 1.165) is 37.0 Å². The molecule has 3 rings (SSSR count). The number of aryl methyl sites for hydroxylation is 2. The molecule has 5 heteroatoms. The summed E-state index contributed by atoms with van der Waals surface area (Å²) in [7, 11) is 0. The number of guanidine groups is 1. The van der Waals surface area contributed by atoms with Crippen LogP contribution in [0.2, 0.25) is 0 Å². The molecule has 2 heterocycles. The number of nitrogens with zero attached hydrogens (tertiary/aromatic N) is 3. The number of rotatable bonds is 4. The molecule has 0 aromatic carbocycles. The quantitative estimate of drug-likeness (QED) is 0.684. The van der Waals surface area contributed by atoms with Crippen LogP contribution >= 0.6 is 0 Å². The van der Waals surface area contributed by atoms with E-state index in [-0.39, 0.29) is 0 Å². The number of likely N-dealkylation sites (tertiary alicyclic amines) is 1. The zero-order valence-electron chi connectivity index (χ0n) is 15.0. The predicted molar refractivity (Wildman–Crippen MR) is 92.8 cm³/mol. The number of hydrogen-bond donors (Lipinski definition) is 1. The van der Waals surface area contributed by atoms with Gasteiger partial charge >= 0.3 is 0 Å². The second kappa shape index (κ2) is 6.54. The van der Waals surface area contributed by atoms with Crippen LogP contribution in [0.1, 0.15) is 62.5 Å². The maximum atomic E-state index is 5.30. The second-order valence-electron chi connectivity index (χ2n) is 7.36. The van der Waals surface area contributed by atoms with Crippen molar-refractivity contribution in [1.29, 1.82) is 0 Å². The summed E-state index contributed by atoms with van der Waals surface area (Å²) in [6.45, 7) is 12.4. The van der Waals surface area contributed by atoms with Crippen LogP contribution in [-0.4, -0.2) is 42.2 Å². The highest BCUT2D eigenvalue weighted by atomic mass is 16.5. The fourth-order valence-corrected chi connectivity index (χ4v) is 4.13. The van der Waals surface area contributed by atoms with E-state index >= 15 is 0 Å². The van der Waals surface area contributed by atoms with Gasteiger partial charge in [0.25, 0.3) is 0 Å². The Hall–Kier alpha value is -1.52. The highest BCUT2D eigenvalue weighted by molar-refractivity contribution is 5.80. The van der Waals surface area contributed by atoms with Crippen LogP contribution in [0.5, 0.6) is 0 Å². The lowest BCUT2D eigenvalue weighted by molar-refractivity contribution is 0.151. The molecule has 1 N–H and O–H groups in total. The van der Waals surface area contributed by atoms with Crippen LogP contribution < -0.4 is 5.32 Å². The van der Waals surface area contributed by atoms with E-state index in [1.165, 1.54) is 37.8 Å². The van der Waals surface area contributed by atoms with Gasteiger partial charge in [0.05, 0.1) is 5.69 Å². The van der Waals surface area contributed by atoms with Gasteiger partial charge in [-0.25, -0.2) is 0 Å². The summed E-state index contributed by atoms with van der Waals surface area (Å²) in [5.41, 5.74) is 2.80. The minimum Gasteiger partial charge on any atom is -0.361 e. The van der Waals surface area contributed by atoms with Gasteiger partial charge in [0.2, 0.25) is 0 Å². The Morgan fingerprint density at radius 3 is 2.70 bits per heavy atom. The van der Waals surface area contributed by atoms with E-state index in [4.69, 9.17) is 9.52 Å². The molecule has 1 aliphatic heterocycles. The molecular weight excluding hydrogens is 288 g/mol. The summed E-state index contributed by atoms with van der Waals surface area (Å²) in [6.07, 6.45) is 5.54. The van der Waals surface area contributed by atoms with Crippen LogP contribution in [-0.2, 0) is 0 Å². The second-order valence-corrected chi connectivity index (χ2v) is 7.36. The summed E-state index contributed by atoms with van der Waals surface area (Å²) in [4.78, 5) is 7.38. The smallest absolute Gasteiger partial charge is 0.193 e. The van der Waals surface area contributed by atoms with Gasteiger partial charge in [0.1, 0.15) is 5.76 Å². The normalized spacial score (nSPS) is 21.6. The van der Waals surface area contributed by atoms with Crippen molar-refractivity contribution in [2.45, 2.75) is 59.3 Å². The summed E-state index contributed by atoms with van der Waals surface area (Å²) < 4.78 is 5.30. The van der Waals surface area contributed by atoms with Gasteiger partial charge in [-0.15, -0.1) is 0 Å². The third kappa shape index (κ3) is 3.24. The van der Waals surface area contributed by atoms with Crippen molar-refractivity contribution in [3.8, 4) is 0 Å². The third-order valence-electron chi connectivity index (χ3n) is 5.58. The van der Waals surface area contributed by atoms with E-state index in [9.17, 15) is 0 Å². The topological polar surface area (TPSA) is 53.7 Å². The molecule has 128 valence electrons. The maximum absolute atomic E-state index is 5.30. The zero-order valence-corrected chi connectivity index (χ0v) is 15.0. The van der Waals surface area contributed by atoms with E-state index in [0.29, 0.717) is 11.3 Å². The van der Waals surface area contributed by atoms with Crippen LogP contribution in [0.25, 0.3) is 0 Å². The Kier molecular flexibility index (Phi) is 4.64. The van der Waals surface area contributed by atoms with Gasteiger partial charge in [0.15, 0.2) is 5.96 Å². The molecule has 0 amide bonds. The largest absolute Gasteiger partial charge is 0.361 e. The molecule has 2 aliphatic rings. The van der Waals surface area contributed by atoms with Gasteiger partial charge in [-0.05, 0) is 45.4 Å². The molecule has 1 spiro atoms. The van der Waals surface area contributed by atoms with Gasteiger partial charge in [-0.1, -0.05) is 18.5 Å². The molecule has 23 heavy (non-hydrogen) atoms. The first-order valence-corrected chi connectivity index (χ1v) is 9.01. The average Bonchev–Trinajstić information content (AvgIpc) is 3.07. The molecular formula is C18H30N4O. The monoisotopic (exact) mass is 318 g/mol. The summed E-state index contributed by atoms with van der Waals surface area (Å²) >= 11 is 0. The average molecular weight is 318 g/mol. The van der Waals surface area contributed by atoms with Crippen LogP contribution in [0.4, 0.5) is 0 Å². The first-order valence-electron chi connectivity index (χ1n) is 9.01. The van der Waals surface area contributed by atoms with Crippen molar-refractivity contribution in [2.24, 2.45) is 10.4 Å². The van der Waals surface area contributed by atoms with Gasteiger partial charge in [-0.3, -0.25) is 4.99 Å². The Morgan fingerprint density at radius 1 is 1.39 bits per heavy atom. The zero-order chi connectivity index (χ0) is 16.4. The number of aromatic nitrogens is 1. The molecule has 2 fully saturated rings. The lowest BCUT2D eigenvalue weighted by Gasteiger charge is -2.38. The molecule has 1 atom stereocenters. The van der Waals surface area contributed by atoms with Crippen molar-refractivity contribution >= 4 is 5.96 Å². The van der Waals surface area contributed by atoms with Crippen molar-refractivity contribution in [1.82, 2.24) is 15.4 Å². The molecule has 1 saturated heterocycles. The molecule has 0 bridgehead atoms. The highest BCUT2D eigenvalue weighted by Crippen LogP contribution is 2.47. The third-order valence-corrected chi connectivity index (χ3v) is 5.58. The van der Waals surface area contributed by atoms with Crippen molar-refractivity contribution in [3.05, 3.63) is 17.0 Å². The summed E-state index contributed by atoms with van der Waals surface area (Å²) in [5, 5.41) is 7.54. The predicted octanol–water partition coefficient (Wildman–Crippen LogP) is 3.24. The standard InChI is InChI=1S/C18H30N4O/c1-5-19-17(22-10-9-18(12-22)7-6-8-18)20-11-13(2)16-14(3)21-23-15(16)4/h13H,5-12H2,1-4H3,(H,19,20). The van der Waals surface area contributed by atoms with Crippen LogP contribution in [0.15, 0.2) is 9.52 Å². The van der Waals surface area contributed by atoms with Crippen LogP contribution in [0, 0.1) is 19.3 Å². The molecule has 1 aromatic heterocycles. The van der Waals surface area contributed by atoms with E-state index in [1.807, 2.05) is 13.8 Å². The van der Waals surface area contributed by atoms with Crippen molar-refractivity contribution in [3.63, 3.8) is 0 Å². The van der Waals surface area contributed by atoms with Gasteiger partial charge in [-0.2, -0.15) is 0 Å². The van der Waals surface area contributed by atoms with E-state index < -0.39 is 0 Å². The molecule has 1 unspecified atom stereocenters. The van der Waals surface area contributed by atoms with Gasteiger partial charge in [0, 0.05) is 37.7 Å². The Bertz CT molecular complexity index is 554. The molecule has 1 aromatic rings. The number of hydrogen-bond acceptors (Lipinski definition) is 3. The van der Waals surface area contributed by atoms with Crippen molar-refractivity contribution < 1.29 is 4.52 Å². The molecule has 0 radical (unpaired) electrons. The number of nitrogens with one attached hydrogen (secondary N) is 1. The maximum Gasteiger partial charge on any atom is 0.193 e. The van der Waals surface area contributed by atoms with E-state index in [2.05, 4.69) is 29.2 Å². The fraction of sp³-hybridized carbons (Fsp3) is 0.778. The Labute approximate surface area is 139 Å². The highest BCUT2D eigenvalue weighted by Gasteiger charge is 2.43. The summed E-state index contributed by atoms with van der Waals surface area (Å²) in [5.74, 6) is 2.33. The first-order chi connectivity index (χ1) is 11.0. The summed E-state index contributed by atoms with van der Waals surface area (Å²) in [6, 6.07) is 0. The SMILES string of the molecule is CCNC(=NCC(C)c1c(C)noc1C)N1CCC2(CCC2)C1. The van der Waals surface area contributed by atoms with E-state index in [1.54, 1.807) is 0 Å². The lowest BCUT2D eigenvalue weighted by atomic mass is 9.68. The molecule has 1 aliphatic carbocycles. The minimum absolute atomic E-state index is 0.329.